The molecular formula is C16H12ClFN2O3S. The lowest BCUT2D eigenvalue weighted by atomic mass is 10.2. The molecule has 2 amide bonds. The minimum atomic E-state index is -0.576. The maximum atomic E-state index is 13.3. The molecule has 3 rings (SSSR count). The van der Waals surface area contributed by atoms with E-state index in [0.29, 0.717) is 27.2 Å². The lowest BCUT2D eigenvalue weighted by Gasteiger charge is -2.05. The molecule has 0 saturated heterocycles. The lowest BCUT2D eigenvalue weighted by Crippen LogP contribution is -2.41. The van der Waals surface area contributed by atoms with Gasteiger partial charge in [0, 0.05) is 10.1 Å². The monoisotopic (exact) mass is 366 g/mol. The van der Waals surface area contributed by atoms with Crippen molar-refractivity contribution in [3.05, 3.63) is 57.1 Å². The van der Waals surface area contributed by atoms with Gasteiger partial charge in [0.1, 0.15) is 22.2 Å². The van der Waals surface area contributed by atoms with Crippen molar-refractivity contribution in [3.8, 4) is 0 Å². The molecule has 2 heterocycles. The third-order valence-electron chi connectivity index (χ3n) is 3.37. The zero-order valence-electron chi connectivity index (χ0n) is 12.7. The van der Waals surface area contributed by atoms with Crippen molar-refractivity contribution in [3.63, 3.8) is 0 Å². The van der Waals surface area contributed by atoms with Crippen LogP contribution in [0, 0.1) is 19.7 Å². The highest BCUT2D eigenvalue weighted by atomic mass is 35.5. The minimum absolute atomic E-state index is 0.192. The second-order valence-corrected chi connectivity index (χ2v) is 6.55. The van der Waals surface area contributed by atoms with Crippen molar-refractivity contribution in [2.75, 3.05) is 0 Å². The van der Waals surface area contributed by atoms with Crippen molar-refractivity contribution in [2.24, 2.45) is 0 Å². The number of benzene rings is 1. The number of carbonyl (C=O) groups excluding carboxylic acids is 2. The fraction of sp³-hybridized carbons (Fsp3) is 0.125. The quantitative estimate of drug-likeness (QED) is 0.674. The largest absolute Gasteiger partial charge is 0.466 e. The van der Waals surface area contributed by atoms with Gasteiger partial charge in [0.25, 0.3) is 11.8 Å². The normalized spacial score (nSPS) is 10.8. The van der Waals surface area contributed by atoms with Crippen LogP contribution in [0.1, 0.15) is 31.6 Å². The number of amides is 2. The van der Waals surface area contributed by atoms with Crippen LogP contribution in [-0.4, -0.2) is 11.8 Å². The van der Waals surface area contributed by atoms with E-state index < -0.39 is 17.6 Å². The lowest BCUT2D eigenvalue weighted by molar-refractivity contribution is 0.0848. The molecule has 0 fully saturated rings. The molecule has 2 aromatic heterocycles. The molecule has 0 bridgehead atoms. The van der Waals surface area contributed by atoms with Crippen molar-refractivity contribution >= 4 is 44.8 Å². The van der Waals surface area contributed by atoms with Crippen molar-refractivity contribution in [2.45, 2.75) is 13.8 Å². The summed E-state index contributed by atoms with van der Waals surface area (Å²) in [6, 6.07) is 5.66. The number of halogens is 2. The molecule has 0 spiro atoms. The molecule has 124 valence electrons. The molecule has 0 saturated carbocycles. The van der Waals surface area contributed by atoms with E-state index in [1.807, 2.05) is 0 Å². The Morgan fingerprint density at radius 3 is 2.54 bits per heavy atom. The predicted molar refractivity (Wildman–Crippen MR) is 89.9 cm³/mol. The Bertz CT molecular complexity index is 964. The van der Waals surface area contributed by atoms with Crippen LogP contribution in [0.3, 0.4) is 0 Å². The first kappa shape index (κ1) is 16.5. The zero-order chi connectivity index (χ0) is 17.4. The number of hydrogen-bond acceptors (Lipinski definition) is 4. The van der Waals surface area contributed by atoms with Crippen molar-refractivity contribution in [1.29, 1.82) is 0 Å². The summed E-state index contributed by atoms with van der Waals surface area (Å²) in [5.74, 6) is -0.437. The van der Waals surface area contributed by atoms with Crippen LogP contribution in [0.15, 0.2) is 28.7 Å². The highest BCUT2D eigenvalue weighted by molar-refractivity contribution is 7.21. The summed E-state index contributed by atoms with van der Waals surface area (Å²) >= 11 is 7.21. The van der Waals surface area contributed by atoms with Gasteiger partial charge >= 0.3 is 0 Å². The Balaban J connectivity index is 1.77. The highest BCUT2D eigenvalue weighted by Crippen LogP contribution is 2.35. The predicted octanol–water partition coefficient (Wildman–Crippen LogP) is 3.98. The average Bonchev–Trinajstić information content (AvgIpc) is 3.04. The number of hydrazine groups is 1. The third-order valence-corrected chi connectivity index (χ3v) is 5.03. The molecule has 2 N–H and O–H groups in total. The fourth-order valence-corrected chi connectivity index (χ4v) is 3.72. The van der Waals surface area contributed by atoms with Gasteiger partial charge in [-0.1, -0.05) is 11.6 Å². The van der Waals surface area contributed by atoms with E-state index in [-0.39, 0.29) is 9.90 Å². The van der Waals surface area contributed by atoms with E-state index in [1.165, 1.54) is 18.2 Å². The first-order valence-corrected chi connectivity index (χ1v) is 8.11. The van der Waals surface area contributed by atoms with Crippen LogP contribution >= 0.6 is 22.9 Å². The Morgan fingerprint density at radius 1 is 1.17 bits per heavy atom. The van der Waals surface area contributed by atoms with Crippen LogP contribution in [-0.2, 0) is 0 Å². The Hall–Kier alpha value is -2.38. The molecule has 3 aromatic rings. The number of furan rings is 1. The summed E-state index contributed by atoms with van der Waals surface area (Å²) in [6.07, 6.45) is 0. The molecule has 0 atom stereocenters. The second kappa shape index (κ2) is 6.26. The van der Waals surface area contributed by atoms with Gasteiger partial charge in [-0.15, -0.1) is 11.3 Å². The average molecular weight is 367 g/mol. The summed E-state index contributed by atoms with van der Waals surface area (Å²) in [6.45, 7) is 3.37. The highest BCUT2D eigenvalue weighted by Gasteiger charge is 2.19. The van der Waals surface area contributed by atoms with Gasteiger partial charge in [0.2, 0.25) is 0 Å². The summed E-state index contributed by atoms with van der Waals surface area (Å²) in [7, 11) is 0. The number of fused-ring (bicyclic) bond motifs is 1. The molecule has 8 heteroatoms. The van der Waals surface area contributed by atoms with Gasteiger partial charge in [-0.05, 0) is 38.1 Å². The summed E-state index contributed by atoms with van der Waals surface area (Å²) in [5.41, 5.74) is 4.94. The Morgan fingerprint density at radius 2 is 1.88 bits per heavy atom. The first-order valence-electron chi connectivity index (χ1n) is 6.92. The summed E-state index contributed by atoms with van der Waals surface area (Å²) in [4.78, 5) is 24.5. The fourth-order valence-electron chi connectivity index (χ4n) is 2.28. The number of aryl methyl sites for hydroxylation is 2. The molecule has 5 nitrogen and oxygen atoms in total. The van der Waals surface area contributed by atoms with E-state index in [9.17, 15) is 14.0 Å². The molecule has 0 aliphatic heterocycles. The topological polar surface area (TPSA) is 71.3 Å². The van der Waals surface area contributed by atoms with Crippen LogP contribution in [0.25, 0.3) is 10.1 Å². The van der Waals surface area contributed by atoms with Crippen LogP contribution in [0.4, 0.5) is 4.39 Å². The van der Waals surface area contributed by atoms with E-state index in [1.54, 1.807) is 19.9 Å². The first-order chi connectivity index (χ1) is 11.4. The number of rotatable bonds is 2. The van der Waals surface area contributed by atoms with Crippen LogP contribution < -0.4 is 10.9 Å². The third kappa shape index (κ3) is 3.00. The molecular weight excluding hydrogens is 355 g/mol. The summed E-state index contributed by atoms with van der Waals surface area (Å²) < 4.78 is 19.1. The maximum Gasteiger partial charge on any atom is 0.281 e. The second-order valence-electron chi connectivity index (χ2n) is 5.12. The van der Waals surface area contributed by atoms with E-state index >= 15 is 0 Å². The van der Waals surface area contributed by atoms with Gasteiger partial charge in [0.15, 0.2) is 0 Å². The Labute approximate surface area is 145 Å². The van der Waals surface area contributed by atoms with Crippen molar-refractivity contribution in [1.82, 2.24) is 10.9 Å². The summed E-state index contributed by atoms with van der Waals surface area (Å²) in [5, 5.41) is 0.804. The molecule has 0 radical (unpaired) electrons. The van der Waals surface area contributed by atoms with Gasteiger partial charge in [0.05, 0.1) is 10.6 Å². The SMILES string of the molecule is Cc1cc(C(=O)NNC(=O)c2sc3cc(F)ccc3c2Cl)c(C)o1. The van der Waals surface area contributed by atoms with Crippen LogP contribution in [0.2, 0.25) is 5.02 Å². The maximum absolute atomic E-state index is 13.3. The Kier molecular flexibility index (Phi) is 4.29. The number of thiophene rings is 1. The van der Waals surface area contributed by atoms with Crippen molar-refractivity contribution < 1.29 is 18.4 Å². The number of hydrogen-bond donors (Lipinski definition) is 2. The zero-order valence-corrected chi connectivity index (χ0v) is 14.3. The molecule has 0 unspecified atom stereocenters. The van der Waals surface area contributed by atoms with Crippen LogP contribution in [0.5, 0.6) is 0 Å². The van der Waals surface area contributed by atoms with Gasteiger partial charge in [-0.2, -0.15) is 0 Å². The molecule has 1 aromatic carbocycles. The smallest absolute Gasteiger partial charge is 0.281 e. The minimum Gasteiger partial charge on any atom is -0.466 e. The van der Waals surface area contributed by atoms with E-state index in [0.717, 1.165) is 11.3 Å². The van der Waals surface area contributed by atoms with Gasteiger partial charge < -0.3 is 4.42 Å². The van der Waals surface area contributed by atoms with E-state index in [4.69, 9.17) is 16.0 Å². The number of nitrogens with one attached hydrogen (secondary N) is 2. The van der Waals surface area contributed by atoms with Gasteiger partial charge in [-0.3, -0.25) is 20.4 Å². The van der Waals surface area contributed by atoms with E-state index in [2.05, 4.69) is 10.9 Å². The van der Waals surface area contributed by atoms with Gasteiger partial charge in [-0.25, -0.2) is 4.39 Å². The molecule has 0 aliphatic rings. The molecule has 0 aliphatic carbocycles. The molecule has 24 heavy (non-hydrogen) atoms. The number of carbonyl (C=O) groups is 2. The standard InChI is InChI=1S/C16H12ClFN2O3S/c1-7-5-11(8(2)23-7)15(21)19-20-16(22)14-13(17)10-4-3-9(18)6-12(10)24-14/h3-6H,1-2H3,(H,19,21)(H,20,22).